The Labute approximate surface area is 102 Å². The van der Waals surface area contributed by atoms with Gasteiger partial charge < -0.3 is 4.74 Å². The molecule has 0 aliphatic rings. The molecule has 3 heteroatoms. The third-order valence-corrected chi connectivity index (χ3v) is 2.33. The molecule has 90 valence electrons. The van der Waals surface area contributed by atoms with E-state index in [0.717, 1.165) is 0 Å². The number of rotatable bonds is 5. The monoisotopic (exact) mass is 231 g/mol. The fourth-order valence-corrected chi connectivity index (χ4v) is 1.45. The van der Waals surface area contributed by atoms with E-state index in [-0.39, 0.29) is 5.78 Å². The molecule has 0 heterocycles. The van der Waals surface area contributed by atoms with E-state index >= 15 is 0 Å². The second kappa shape index (κ2) is 6.05. The Morgan fingerprint density at radius 1 is 1.47 bits per heavy atom. The minimum Gasteiger partial charge on any atom is -0.492 e. The molecule has 1 aromatic carbocycles. The van der Waals surface area contributed by atoms with Gasteiger partial charge in [0.25, 0.3) is 0 Å². The number of ether oxygens (including phenoxy) is 1. The van der Waals surface area contributed by atoms with Crippen molar-refractivity contribution in [3.63, 3.8) is 0 Å². The predicted molar refractivity (Wildman–Crippen MR) is 66.1 cm³/mol. The first-order valence-electron chi connectivity index (χ1n) is 5.79. The van der Waals surface area contributed by atoms with Crippen LogP contribution in [0.5, 0.6) is 5.75 Å². The summed E-state index contributed by atoms with van der Waals surface area (Å²) in [7, 11) is 0. The highest BCUT2D eigenvalue weighted by atomic mass is 16.5. The summed E-state index contributed by atoms with van der Waals surface area (Å²) in [6, 6.07) is 7.21. The average molecular weight is 231 g/mol. The van der Waals surface area contributed by atoms with Crippen LogP contribution in [0.4, 0.5) is 0 Å². The number of ketones is 1. The van der Waals surface area contributed by atoms with E-state index in [1.54, 1.807) is 25.1 Å². The van der Waals surface area contributed by atoms with E-state index in [4.69, 9.17) is 10.00 Å². The summed E-state index contributed by atoms with van der Waals surface area (Å²) in [6.45, 7) is 6.39. The molecule has 0 atom stereocenters. The number of carbonyl (C=O) groups is 1. The van der Waals surface area contributed by atoms with Gasteiger partial charge in [0, 0.05) is 12.0 Å². The van der Waals surface area contributed by atoms with Gasteiger partial charge in [-0.3, -0.25) is 4.79 Å². The predicted octanol–water partition coefficient (Wildman–Crippen LogP) is 3.19. The van der Waals surface area contributed by atoms with Crippen LogP contribution in [0.15, 0.2) is 18.2 Å². The molecule has 0 amide bonds. The minimum absolute atomic E-state index is 0.0310. The summed E-state index contributed by atoms with van der Waals surface area (Å²) >= 11 is 0. The van der Waals surface area contributed by atoms with Crippen molar-refractivity contribution in [2.45, 2.75) is 27.2 Å². The van der Waals surface area contributed by atoms with E-state index in [0.29, 0.717) is 35.8 Å². The molecule has 1 aromatic rings. The normalized spacial score (nSPS) is 10.1. The highest BCUT2D eigenvalue weighted by molar-refractivity contribution is 5.98. The maximum absolute atomic E-state index is 11.7. The van der Waals surface area contributed by atoms with Gasteiger partial charge in [-0.2, -0.15) is 5.26 Å². The maximum Gasteiger partial charge on any atom is 0.164 e. The molecule has 0 spiro atoms. The topological polar surface area (TPSA) is 50.1 Å². The van der Waals surface area contributed by atoms with Crippen molar-refractivity contribution < 1.29 is 9.53 Å². The van der Waals surface area contributed by atoms with Gasteiger partial charge in [-0.05, 0) is 18.1 Å². The SMILES string of the molecule is CCC(=O)c1cccc(OCC(C)C)c1C#N. The first-order chi connectivity index (χ1) is 8.10. The van der Waals surface area contributed by atoms with Crippen molar-refractivity contribution in [2.24, 2.45) is 5.92 Å². The van der Waals surface area contributed by atoms with Crippen LogP contribution in [0.25, 0.3) is 0 Å². The van der Waals surface area contributed by atoms with E-state index in [1.165, 1.54) is 0 Å². The molecular formula is C14H17NO2. The average Bonchev–Trinajstić information content (AvgIpc) is 2.34. The first-order valence-corrected chi connectivity index (χ1v) is 5.79. The fourth-order valence-electron chi connectivity index (χ4n) is 1.45. The molecule has 0 bridgehead atoms. The van der Waals surface area contributed by atoms with Gasteiger partial charge in [-0.25, -0.2) is 0 Å². The van der Waals surface area contributed by atoms with Crippen molar-refractivity contribution in [1.29, 1.82) is 5.26 Å². The van der Waals surface area contributed by atoms with Crippen LogP contribution >= 0.6 is 0 Å². The van der Waals surface area contributed by atoms with Gasteiger partial charge in [0.2, 0.25) is 0 Å². The molecule has 0 aliphatic heterocycles. The van der Waals surface area contributed by atoms with Gasteiger partial charge in [0.1, 0.15) is 17.4 Å². The molecular weight excluding hydrogens is 214 g/mol. The number of nitrogens with zero attached hydrogens (tertiary/aromatic N) is 1. The smallest absolute Gasteiger partial charge is 0.164 e. The third-order valence-electron chi connectivity index (χ3n) is 2.33. The number of carbonyl (C=O) groups excluding carboxylic acids is 1. The number of Topliss-reactive ketones (excluding diaryl/α,β-unsaturated/α-hetero) is 1. The van der Waals surface area contributed by atoms with E-state index in [2.05, 4.69) is 6.07 Å². The lowest BCUT2D eigenvalue weighted by Gasteiger charge is -2.11. The molecule has 0 fully saturated rings. The Kier molecular flexibility index (Phi) is 4.71. The molecule has 1 rings (SSSR count). The zero-order valence-corrected chi connectivity index (χ0v) is 10.5. The van der Waals surface area contributed by atoms with Crippen molar-refractivity contribution in [3.8, 4) is 11.8 Å². The quantitative estimate of drug-likeness (QED) is 0.731. The molecule has 0 radical (unpaired) electrons. The summed E-state index contributed by atoms with van der Waals surface area (Å²) in [5.74, 6) is 0.851. The lowest BCUT2D eigenvalue weighted by Crippen LogP contribution is -2.08. The Bertz CT molecular complexity index is 444. The van der Waals surface area contributed by atoms with Crippen molar-refractivity contribution in [2.75, 3.05) is 6.61 Å². The molecule has 0 aromatic heterocycles. The Hall–Kier alpha value is -1.82. The molecule has 0 saturated heterocycles. The highest BCUT2D eigenvalue weighted by Gasteiger charge is 2.14. The van der Waals surface area contributed by atoms with Crippen molar-refractivity contribution in [1.82, 2.24) is 0 Å². The lowest BCUT2D eigenvalue weighted by atomic mass is 10.0. The van der Waals surface area contributed by atoms with Crippen LogP contribution in [0.1, 0.15) is 43.1 Å². The van der Waals surface area contributed by atoms with Crippen LogP contribution < -0.4 is 4.74 Å². The standard InChI is InChI=1S/C14H17NO2/c1-4-13(16)11-6-5-7-14(12(11)8-15)17-9-10(2)3/h5-7,10H,4,9H2,1-3H3. The van der Waals surface area contributed by atoms with Crippen LogP contribution in [0, 0.1) is 17.2 Å². The van der Waals surface area contributed by atoms with Crippen LogP contribution in [-0.2, 0) is 0 Å². The maximum atomic E-state index is 11.7. The largest absolute Gasteiger partial charge is 0.492 e. The van der Waals surface area contributed by atoms with Gasteiger partial charge in [-0.1, -0.05) is 26.8 Å². The van der Waals surface area contributed by atoms with Gasteiger partial charge >= 0.3 is 0 Å². The second-order valence-corrected chi connectivity index (χ2v) is 4.27. The zero-order chi connectivity index (χ0) is 12.8. The summed E-state index contributed by atoms with van der Waals surface area (Å²) in [5, 5.41) is 9.13. The third kappa shape index (κ3) is 3.32. The Morgan fingerprint density at radius 3 is 2.71 bits per heavy atom. The van der Waals surface area contributed by atoms with Crippen LogP contribution in [0.3, 0.4) is 0 Å². The van der Waals surface area contributed by atoms with Crippen LogP contribution in [-0.4, -0.2) is 12.4 Å². The molecule has 0 unspecified atom stereocenters. The minimum atomic E-state index is -0.0310. The number of hydrogen-bond donors (Lipinski definition) is 0. The molecule has 0 saturated carbocycles. The highest BCUT2D eigenvalue weighted by Crippen LogP contribution is 2.23. The fraction of sp³-hybridized carbons (Fsp3) is 0.429. The molecule has 17 heavy (non-hydrogen) atoms. The Morgan fingerprint density at radius 2 is 2.18 bits per heavy atom. The summed E-state index contributed by atoms with van der Waals surface area (Å²) in [6.07, 6.45) is 0.391. The Balaban J connectivity index is 3.07. The zero-order valence-electron chi connectivity index (χ0n) is 10.5. The summed E-state index contributed by atoms with van der Waals surface area (Å²) in [5.41, 5.74) is 0.802. The lowest BCUT2D eigenvalue weighted by molar-refractivity contribution is 0.0987. The second-order valence-electron chi connectivity index (χ2n) is 4.27. The van der Waals surface area contributed by atoms with Gasteiger partial charge in [0.15, 0.2) is 5.78 Å². The molecule has 0 N–H and O–H groups in total. The van der Waals surface area contributed by atoms with E-state index in [1.807, 2.05) is 13.8 Å². The van der Waals surface area contributed by atoms with Gasteiger partial charge in [-0.15, -0.1) is 0 Å². The van der Waals surface area contributed by atoms with E-state index < -0.39 is 0 Å². The number of nitriles is 1. The molecule has 0 aliphatic carbocycles. The van der Waals surface area contributed by atoms with E-state index in [9.17, 15) is 4.79 Å². The summed E-state index contributed by atoms with van der Waals surface area (Å²) < 4.78 is 5.55. The summed E-state index contributed by atoms with van der Waals surface area (Å²) in [4.78, 5) is 11.7. The van der Waals surface area contributed by atoms with Gasteiger partial charge in [0.05, 0.1) is 6.61 Å². The number of benzene rings is 1. The van der Waals surface area contributed by atoms with Crippen LogP contribution in [0.2, 0.25) is 0 Å². The van der Waals surface area contributed by atoms with Crippen molar-refractivity contribution >= 4 is 5.78 Å². The number of hydrogen-bond acceptors (Lipinski definition) is 3. The van der Waals surface area contributed by atoms with Crippen molar-refractivity contribution in [3.05, 3.63) is 29.3 Å². The molecule has 3 nitrogen and oxygen atoms in total. The first kappa shape index (κ1) is 13.2.